The molecule has 0 radical (unpaired) electrons. The van der Waals surface area contributed by atoms with Crippen molar-refractivity contribution in [2.75, 3.05) is 13.6 Å². The highest BCUT2D eigenvalue weighted by molar-refractivity contribution is 7.10. The Balaban J connectivity index is 1.77. The first-order chi connectivity index (χ1) is 10.1. The van der Waals surface area contributed by atoms with Crippen molar-refractivity contribution >= 4 is 17.4 Å². The molecule has 0 atom stereocenters. The van der Waals surface area contributed by atoms with Crippen molar-refractivity contribution in [1.82, 2.24) is 10.2 Å². The number of nitrogens with zero attached hydrogens (tertiary/aromatic N) is 1. The number of hydrogen-bond donors (Lipinski definition) is 1. The molecule has 21 heavy (non-hydrogen) atoms. The van der Waals surface area contributed by atoms with Crippen LogP contribution in [0.3, 0.4) is 0 Å². The number of urea groups is 1. The predicted molar refractivity (Wildman–Crippen MR) is 84.0 cm³/mol. The lowest BCUT2D eigenvalue weighted by atomic mass is 10.1. The molecule has 1 aromatic carbocycles. The quantitative estimate of drug-likeness (QED) is 0.899. The van der Waals surface area contributed by atoms with Crippen molar-refractivity contribution < 1.29 is 9.18 Å². The van der Waals surface area contributed by atoms with Crippen LogP contribution in [0.4, 0.5) is 9.18 Å². The second-order valence-corrected chi connectivity index (χ2v) is 6.00. The van der Waals surface area contributed by atoms with Gasteiger partial charge in [0.2, 0.25) is 0 Å². The van der Waals surface area contributed by atoms with E-state index in [9.17, 15) is 9.18 Å². The summed E-state index contributed by atoms with van der Waals surface area (Å²) in [7, 11) is 1.77. The molecule has 0 saturated carbocycles. The molecule has 3 nitrogen and oxygen atoms in total. The molecule has 0 aliphatic carbocycles. The summed E-state index contributed by atoms with van der Waals surface area (Å²) in [5, 5.41) is 4.88. The highest BCUT2D eigenvalue weighted by Crippen LogP contribution is 2.17. The zero-order valence-corrected chi connectivity index (χ0v) is 13.0. The van der Waals surface area contributed by atoms with Crippen LogP contribution in [0.2, 0.25) is 0 Å². The molecule has 1 N–H and O–H groups in total. The fourth-order valence-corrected chi connectivity index (χ4v) is 2.95. The number of nitrogens with one attached hydrogen (secondary N) is 1. The van der Waals surface area contributed by atoms with Crippen LogP contribution >= 0.6 is 11.3 Å². The Hall–Kier alpha value is -1.88. The first kappa shape index (κ1) is 15.5. The van der Waals surface area contributed by atoms with Crippen LogP contribution in [0.15, 0.2) is 35.7 Å². The monoisotopic (exact) mass is 306 g/mol. The number of thiophene rings is 1. The number of carbonyl (C=O) groups excluding carboxylic acids is 1. The number of hydrogen-bond acceptors (Lipinski definition) is 2. The molecule has 0 saturated heterocycles. The summed E-state index contributed by atoms with van der Waals surface area (Å²) in [5.74, 6) is -0.246. The third-order valence-electron chi connectivity index (χ3n) is 3.27. The maximum Gasteiger partial charge on any atom is 0.317 e. The molecule has 0 unspecified atom stereocenters. The van der Waals surface area contributed by atoms with Crippen molar-refractivity contribution in [3.63, 3.8) is 0 Å². The Morgan fingerprint density at radius 1 is 1.38 bits per heavy atom. The van der Waals surface area contributed by atoms with Gasteiger partial charge in [-0.1, -0.05) is 12.1 Å². The topological polar surface area (TPSA) is 32.3 Å². The number of benzene rings is 1. The zero-order chi connectivity index (χ0) is 15.2. The fourth-order valence-electron chi connectivity index (χ4n) is 1.99. The third kappa shape index (κ3) is 4.56. The Morgan fingerprint density at radius 2 is 2.19 bits per heavy atom. The summed E-state index contributed by atoms with van der Waals surface area (Å²) in [6.45, 7) is 3.15. The van der Waals surface area contributed by atoms with Crippen molar-refractivity contribution in [3.8, 4) is 0 Å². The van der Waals surface area contributed by atoms with Gasteiger partial charge in [-0.15, -0.1) is 11.3 Å². The Morgan fingerprint density at radius 3 is 2.86 bits per heavy atom. The average Bonchev–Trinajstić information content (AvgIpc) is 2.84. The molecule has 2 aromatic rings. The third-order valence-corrected chi connectivity index (χ3v) is 4.28. The summed E-state index contributed by atoms with van der Waals surface area (Å²) >= 11 is 1.65. The zero-order valence-electron chi connectivity index (χ0n) is 12.2. The lowest BCUT2D eigenvalue weighted by Crippen LogP contribution is -2.37. The van der Waals surface area contributed by atoms with Crippen molar-refractivity contribution in [2.45, 2.75) is 19.9 Å². The molecule has 2 amide bonds. The van der Waals surface area contributed by atoms with E-state index in [0.29, 0.717) is 19.5 Å². The SMILES string of the molecule is Cc1ccsc1CN(C)C(=O)NCCc1cccc(F)c1. The van der Waals surface area contributed by atoms with E-state index < -0.39 is 0 Å². The second kappa shape index (κ2) is 7.22. The summed E-state index contributed by atoms with van der Waals surface area (Å²) in [6.07, 6.45) is 0.620. The van der Waals surface area contributed by atoms with E-state index in [1.807, 2.05) is 18.4 Å². The first-order valence-corrected chi connectivity index (χ1v) is 7.70. The van der Waals surface area contributed by atoms with Crippen LogP contribution in [-0.4, -0.2) is 24.5 Å². The minimum Gasteiger partial charge on any atom is -0.338 e. The van der Waals surface area contributed by atoms with Gasteiger partial charge in [-0.05, 0) is 48.1 Å². The maximum absolute atomic E-state index is 13.0. The molecule has 1 heterocycles. The molecular formula is C16H19FN2OS. The van der Waals surface area contributed by atoms with Gasteiger partial charge >= 0.3 is 6.03 Å². The van der Waals surface area contributed by atoms with E-state index in [1.54, 1.807) is 29.4 Å². The molecule has 0 aliphatic heterocycles. The van der Waals surface area contributed by atoms with Gasteiger partial charge in [0.25, 0.3) is 0 Å². The maximum atomic E-state index is 13.0. The van der Waals surface area contributed by atoms with Crippen LogP contribution in [0.25, 0.3) is 0 Å². The van der Waals surface area contributed by atoms with Crippen LogP contribution in [0.5, 0.6) is 0 Å². The van der Waals surface area contributed by atoms with Gasteiger partial charge in [0.05, 0.1) is 6.54 Å². The highest BCUT2D eigenvalue weighted by Gasteiger charge is 2.10. The van der Waals surface area contributed by atoms with E-state index in [-0.39, 0.29) is 11.8 Å². The molecule has 0 aliphatic rings. The van der Waals surface area contributed by atoms with E-state index in [1.165, 1.54) is 22.6 Å². The summed E-state index contributed by atoms with van der Waals surface area (Å²) < 4.78 is 13.0. The number of aryl methyl sites for hydroxylation is 1. The molecule has 112 valence electrons. The van der Waals surface area contributed by atoms with Gasteiger partial charge in [-0.2, -0.15) is 0 Å². The second-order valence-electron chi connectivity index (χ2n) is 4.99. The molecule has 2 rings (SSSR count). The van der Waals surface area contributed by atoms with E-state index in [4.69, 9.17) is 0 Å². The molecule has 0 bridgehead atoms. The highest BCUT2D eigenvalue weighted by atomic mass is 32.1. The van der Waals surface area contributed by atoms with E-state index in [2.05, 4.69) is 11.4 Å². The number of carbonyl (C=O) groups is 1. The van der Waals surface area contributed by atoms with Gasteiger partial charge < -0.3 is 10.2 Å². The number of amides is 2. The van der Waals surface area contributed by atoms with E-state index in [0.717, 1.165) is 5.56 Å². The standard InChI is InChI=1S/C16H19FN2OS/c1-12-7-9-21-15(12)11-19(2)16(20)18-8-6-13-4-3-5-14(17)10-13/h3-5,7,9-10H,6,8,11H2,1-2H3,(H,18,20). The lowest BCUT2D eigenvalue weighted by molar-refractivity contribution is 0.207. The Labute approximate surface area is 128 Å². The Bertz CT molecular complexity index is 612. The minimum atomic E-state index is -0.246. The van der Waals surface area contributed by atoms with Crippen molar-refractivity contribution in [1.29, 1.82) is 0 Å². The smallest absolute Gasteiger partial charge is 0.317 e. The van der Waals surface area contributed by atoms with Crippen LogP contribution < -0.4 is 5.32 Å². The van der Waals surface area contributed by atoms with E-state index >= 15 is 0 Å². The number of rotatable bonds is 5. The average molecular weight is 306 g/mol. The van der Waals surface area contributed by atoms with Crippen molar-refractivity contribution in [3.05, 3.63) is 57.5 Å². The fraction of sp³-hybridized carbons (Fsp3) is 0.312. The van der Waals surface area contributed by atoms with Crippen LogP contribution in [0.1, 0.15) is 16.0 Å². The number of halogens is 1. The molecule has 1 aromatic heterocycles. The molecule has 0 fully saturated rings. The summed E-state index contributed by atoms with van der Waals surface area (Å²) in [6, 6.07) is 8.38. The normalized spacial score (nSPS) is 10.4. The van der Waals surface area contributed by atoms with Crippen molar-refractivity contribution in [2.24, 2.45) is 0 Å². The van der Waals surface area contributed by atoms with Gasteiger partial charge in [-0.25, -0.2) is 9.18 Å². The van der Waals surface area contributed by atoms with Gasteiger partial charge in [0.1, 0.15) is 5.82 Å². The largest absolute Gasteiger partial charge is 0.338 e. The summed E-state index contributed by atoms with van der Waals surface area (Å²) in [4.78, 5) is 14.8. The molecule has 0 spiro atoms. The minimum absolute atomic E-state index is 0.112. The molecular weight excluding hydrogens is 287 g/mol. The van der Waals surface area contributed by atoms with Gasteiger partial charge in [-0.3, -0.25) is 0 Å². The first-order valence-electron chi connectivity index (χ1n) is 6.82. The summed E-state index contributed by atoms with van der Waals surface area (Å²) in [5.41, 5.74) is 2.09. The van der Waals surface area contributed by atoms with Gasteiger partial charge in [0.15, 0.2) is 0 Å². The predicted octanol–water partition coefficient (Wildman–Crippen LogP) is 3.58. The van der Waals surface area contributed by atoms with Gasteiger partial charge in [0, 0.05) is 18.5 Å². The lowest BCUT2D eigenvalue weighted by Gasteiger charge is -2.17. The van der Waals surface area contributed by atoms with Crippen LogP contribution in [-0.2, 0) is 13.0 Å². The Kier molecular flexibility index (Phi) is 5.33. The molecule has 5 heteroatoms. The van der Waals surface area contributed by atoms with Crippen LogP contribution in [0, 0.1) is 12.7 Å².